The maximum absolute atomic E-state index is 5.88. The van der Waals surface area contributed by atoms with E-state index < -0.39 is 0 Å². The summed E-state index contributed by atoms with van der Waals surface area (Å²) in [6, 6.07) is 18.1. The number of nitrogens with zero attached hydrogens (tertiary/aromatic N) is 1. The van der Waals surface area contributed by atoms with Crippen LogP contribution in [0.3, 0.4) is 0 Å². The Morgan fingerprint density at radius 3 is 2.68 bits per heavy atom. The zero-order valence-electron chi connectivity index (χ0n) is 10.4. The summed E-state index contributed by atoms with van der Waals surface area (Å²) in [6.07, 6.45) is 0. The second kappa shape index (κ2) is 5.17. The van der Waals surface area contributed by atoms with E-state index >= 15 is 0 Å². The van der Waals surface area contributed by atoms with E-state index in [1.165, 1.54) is 0 Å². The van der Waals surface area contributed by atoms with Gasteiger partial charge in [-0.3, -0.25) is 0 Å². The lowest BCUT2D eigenvalue weighted by atomic mass is 10.2. The lowest BCUT2D eigenvalue weighted by Gasteiger charge is -2.09. The standard InChI is InChI=1S/C16H12INO/c1-11-9-12-5-2-3-8-15(12)18-16(11)19-14-7-4-6-13(17)10-14/h2-10H,1H3. The van der Waals surface area contributed by atoms with Gasteiger partial charge >= 0.3 is 0 Å². The number of fused-ring (bicyclic) bond motifs is 1. The van der Waals surface area contributed by atoms with Crippen LogP contribution in [0.2, 0.25) is 0 Å². The van der Waals surface area contributed by atoms with E-state index in [-0.39, 0.29) is 0 Å². The maximum atomic E-state index is 5.88. The van der Waals surface area contributed by atoms with Crippen LogP contribution in [0.1, 0.15) is 5.56 Å². The van der Waals surface area contributed by atoms with Crippen molar-refractivity contribution in [1.29, 1.82) is 0 Å². The number of halogens is 1. The molecule has 0 spiro atoms. The van der Waals surface area contributed by atoms with Crippen LogP contribution in [0.4, 0.5) is 0 Å². The number of pyridine rings is 1. The predicted octanol–water partition coefficient (Wildman–Crippen LogP) is 4.94. The van der Waals surface area contributed by atoms with Crippen LogP contribution in [0.5, 0.6) is 11.6 Å². The first kappa shape index (κ1) is 12.4. The zero-order valence-corrected chi connectivity index (χ0v) is 12.6. The van der Waals surface area contributed by atoms with Crippen molar-refractivity contribution in [2.24, 2.45) is 0 Å². The highest BCUT2D eigenvalue weighted by Crippen LogP contribution is 2.27. The molecule has 19 heavy (non-hydrogen) atoms. The molecule has 0 unspecified atom stereocenters. The third-order valence-electron chi connectivity index (χ3n) is 2.88. The van der Waals surface area contributed by atoms with Gasteiger partial charge in [0.05, 0.1) is 5.52 Å². The number of aromatic nitrogens is 1. The van der Waals surface area contributed by atoms with Crippen LogP contribution < -0.4 is 4.74 Å². The van der Waals surface area contributed by atoms with Crippen LogP contribution >= 0.6 is 22.6 Å². The summed E-state index contributed by atoms with van der Waals surface area (Å²) >= 11 is 2.27. The molecule has 0 bridgehead atoms. The number of aryl methyl sites for hydroxylation is 1. The molecule has 2 aromatic carbocycles. The van der Waals surface area contributed by atoms with E-state index in [4.69, 9.17) is 4.74 Å². The normalized spacial score (nSPS) is 10.6. The Kier molecular flexibility index (Phi) is 3.38. The SMILES string of the molecule is Cc1cc2ccccc2nc1Oc1cccc(I)c1. The van der Waals surface area contributed by atoms with Gasteiger partial charge in [0.2, 0.25) is 5.88 Å². The summed E-state index contributed by atoms with van der Waals surface area (Å²) in [7, 11) is 0. The molecule has 0 aliphatic carbocycles. The van der Waals surface area contributed by atoms with Gasteiger partial charge in [0.15, 0.2) is 0 Å². The fourth-order valence-electron chi connectivity index (χ4n) is 1.95. The highest BCUT2D eigenvalue weighted by atomic mass is 127. The molecule has 0 amide bonds. The summed E-state index contributed by atoms with van der Waals surface area (Å²) in [5, 5.41) is 1.13. The summed E-state index contributed by atoms with van der Waals surface area (Å²) in [4.78, 5) is 4.58. The molecule has 1 aromatic heterocycles. The monoisotopic (exact) mass is 361 g/mol. The van der Waals surface area contributed by atoms with E-state index in [1.807, 2.05) is 49.4 Å². The van der Waals surface area contributed by atoms with Gasteiger partial charge in [-0.15, -0.1) is 0 Å². The van der Waals surface area contributed by atoms with Crippen LogP contribution in [-0.2, 0) is 0 Å². The Morgan fingerprint density at radius 1 is 1.00 bits per heavy atom. The second-order valence-electron chi connectivity index (χ2n) is 4.36. The Balaban J connectivity index is 2.03. The molecule has 3 aromatic rings. The van der Waals surface area contributed by atoms with E-state index in [2.05, 4.69) is 39.7 Å². The van der Waals surface area contributed by atoms with E-state index in [1.54, 1.807) is 0 Å². The largest absolute Gasteiger partial charge is 0.439 e. The van der Waals surface area contributed by atoms with Crippen LogP contribution in [0.15, 0.2) is 54.6 Å². The van der Waals surface area contributed by atoms with Crippen molar-refractivity contribution in [2.75, 3.05) is 0 Å². The number of hydrogen-bond donors (Lipinski definition) is 0. The quantitative estimate of drug-likeness (QED) is 0.603. The molecule has 0 aliphatic heterocycles. The summed E-state index contributed by atoms with van der Waals surface area (Å²) in [6.45, 7) is 2.02. The second-order valence-corrected chi connectivity index (χ2v) is 5.61. The van der Waals surface area contributed by atoms with Crippen molar-refractivity contribution in [1.82, 2.24) is 4.98 Å². The molecule has 0 saturated heterocycles. The van der Waals surface area contributed by atoms with Crippen LogP contribution in [-0.4, -0.2) is 4.98 Å². The number of benzene rings is 2. The minimum atomic E-state index is 0.667. The van der Waals surface area contributed by atoms with Gasteiger partial charge in [-0.05, 0) is 59.8 Å². The van der Waals surface area contributed by atoms with Gasteiger partial charge in [0, 0.05) is 14.5 Å². The fourth-order valence-corrected chi connectivity index (χ4v) is 2.46. The molecular weight excluding hydrogens is 349 g/mol. The fraction of sp³-hybridized carbons (Fsp3) is 0.0625. The maximum Gasteiger partial charge on any atom is 0.222 e. The van der Waals surface area contributed by atoms with Gasteiger partial charge in [-0.25, -0.2) is 4.98 Å². The van der Waals surface area contributed by atoms with Crippen molar-refractivity contribution in [3.8, 4) is 11.6 Å². The molecule has 0 radical (unpaired) electrons. The molecule has 0 atom stereocenters. The first-order chi connectivity index (χ1) is 9.22. The lowest BCUT2D eigenvalue weighted by molar-refractivity contribution is 0.461. The highest BCUT2D eigenvalue weighted by Gasteiger charge is 2.05. The third kappa shape index (κ3) is 2.71. The van der Waals surface area contributed by atoms with Gasteiger partial charge < -0.3 is 4.74 Å². The van der Waals surface area contributed by atoms with Crippen molar-refractivity contribution in [3.05, 3.63) is 63.7 Å². The minimum Gasteiger partial charge on any atom is -0.439 e. The van der Waals surface area contributed by atoms with E-state index in [0.717, 1.165) is 25.8 Å². The average molecular weight is 361 g/mol. The smallest absolute Gasteiger partial charge is 0.222 e. The molecule has 2 nitrogen and oxygen atoms in total. The number of hydrogen-bond acceptors (Lipinski definition) is 2. The number of ether oxygens (including phenoxy) is 1. The Bertz CT molecular complexity index is 740. The average Bonchev–Trinajstić information content (AvgIpc) is 2.40. The molecule has 1 heterocycles. The van der Waals surface area contributed by atoms with Gasteiger partial charge in [0.1, 0.15) is 5.75 Å². The van der Waals surface area contributed by atoms with Gasteiger partial charge in [-0.2, -0.15) is 0 Å². The van der Waals surface area contributed by atoms with Crippen molar-refractivity contribution < 1.29 is 4.74 Å². The van der Waals surface area contributed by atoms with E-state index in [9.17, 15) is 0 Å². The zero-order chi connectivity index (χ0) is 13.2. The molecule has 3 heteroatoms. The molecular formula is C16H12INO. The predicted molar refractivity (Wildman–Crippen MR) is 85.7 cm³/mol. The number of rotatable bonds is 2. The van der Waals surface area contributed by atoms with Crippen molar-refractivity contribution >= 4 is 33.5 Å². The molecule has 0 N–H and O–H groups in total. The van der Waals surface area contributed by atoms with Gasteiger partial charge in [-0.1, -0.05) is 24.3 Å². The Labute approximate surface area is 125 Å². The Hall–Kier alpha value is -1.62. The van der Waals surface area contributed by atoms with Crippen molar-refractivity contribution in [3.63, 3.8) is 0 Å². The third-order valence-corrected chi connectivity index (χ3v) is 3.55. The van der Waals surface area contributed by atoms with Crippen molar-refractivity contribution in [2.45, 2.75) is 6.92 Å². The first-order valence-corrected chi connectivity index (χ1v) is 7.10. The topological polar surface area (TPSA) is 22.1 Å². The van der Waals surface area contributed by atoms with E-state index in [0.29, 0.717) is 5.88 Å². The molecule has 94 valence electrons. The summed E-state index contributed by atoms with van der Waals surface area (Å²) < 4.78 is 7.03. The first-order valence-electron chi connectivity index (χ1n) is 6.02. The summed E-state index contributed by atoms with van der Waals surface area (Å²) in [5.74, 6) is 1.48. The molecule has 0 fully saturated rings. The molecule has 0 saturated carbocycles. The summed E-state index contributed by atoms with van der Waals surface area (Å²) in [5.41, 5.74) is 1.99. The number of para-hydroxylation sites is 1. The molecule has 0 aliphatic rings. The van der Waals surface area contributed by atoms with Crippen LogP contribution in [0.25, 0.3) is 10.9 Å². The Morgan fingerprint density at radius 2 is 1.84 bits per heavy atom. The van der Waals surface area contributed by atoms with Gasteiger partial charge in [0.25, 0.3) is 0 Å². The lowest BCUT2D eigenvalue weighted by Crippen LogP contribution is -1.92. The molecule has 3 rings (SSSR count). The highest BCUT2D eigenvalue weighted by molar-refractivity contribution is 14.1. The minimum absolute atomic E-state index is 0.667. The van der Waals surface area contributed by atoms with Crippen LogP contribution in [0, 0.1) is 10.5 Å².